The Labute approximate surface area is 119 Å². The van der Waals surface area contributed by atoms with Crippen LogP contribution in [0, 0.1) is 0 Å². The number of nitrogens with one attached hydrogen (secondary N) is 1. The van der Waals surface area contributed by atoms with E-state index in [1.54, 1.807) is 16.7 Å². The largest absolute Gasteiger partial charge is 0.353 e. The minimum absolute atomic E-state index is 0.0380. The number of nitrogens with zero attached hydrogens (tertiary/aromatic N) is 2. The number of likely N-dealkylation sites (N-methyl/N-ethyl adjacent to an activating group) is 1. The topological polar surface area (TPSA) is 52.7 Å². The van der Waals surface area contributed by atoms with E-state index in [0.29, 0.717) is 18.2 Å². The third-order valence-corrected chi connectivity index (χ3v) is 5.20. The fourth-order valence-corrected chi connectivity index (χ4v) is 3.75. The van der Waals surface area contributed by atoms with Gasteiger partial charge in [0.1, 0.15) is 6.54 Å². The molecule has 0 aromatic rings. The second-order valence-corrected chi connectivity index (χ2v) is 6.63. The molecule has 5 nitrogen and oxygen atoms in total. The van der Waals surface area contributed by atoms with Crippen molar-refractivity contribution in [2.45, 2.75) is 31.2 Å². The summed E-state index contributed by atoms with van der Waals surface area (Å²) in [6, 6.07) is 0. The van der Waals surface area contributed by atoms with Gasteiger partial charge in [0.05, 0.1) is 11.6 Å². The van der Waals surface area contributed by atoms with E-state index < -0.39 is 0 Å². The molecule has 1 saturated carbocycles. The Hall–Kier alpha value is -0.750. The molecule has 0 bridgehead atoms. The highest BCUT2D eigenvalue weighted by Crippen LogP contribution is 2.33. The van der Waals surface area contributed by atoms with Crippen molar-refractivity contribution in [3.05, 3.63) is 0 Å². The molecule has 2 aliphatic rings. The van der Waals surface area contributed by atoms with Gasteiger partial charge >= 0.3 is 0 Å². The molecule has 108 valence electrons. The number of carbonyl (C=O) groups excluding carboxylic acids is 2. The third kappa shape index (κ3) is 3.42. The van der Waals surface area contributed by atoms with E-state index >= 15 is 0 Å². The molecule has 1 heterocycles. The molecule has 19 heavy (non-hydrogen) atoms. The SMILES string of the molecule is CN(C)C1(CNC(=O)CN2CSCC2=O)CCCC1. The zero-order valence-corrected chi connectivity index (χ0v) is 12.6. The molecule has 0 aromatic carbocycles. The lowest BCUT2D eigenvalue weighted by atomic mass is 9.96. The summed E-state index contributed by atoms with van der Waals surface area (Å²) in [6.07, 6.45) is 4.74. The number of rotatable bonds is 5. The fourth-order valence-electron chi connectivity index (χ4n) is 2.85. The van der Waals surface area contributed by atoms with Gasteiger partial charge in [0.2, 0.25) is 11.8 Å². The van der Waals surface area contributed by atoms with Crippen molar-refractivity contribution in [3.63, 3.8) is 0 Å². The molecule has 0 unspecified atom stereocenters. The highest BCUT2D eigenvalue weighted by molar-refractivity contribution is 8.00. The number of thioether (sulfide) groups is 1. The van der Waals surface area contributed by atoms with E-state index in [1.807, 2.05) is 0 Å². The molecule has 0 radical (unpaired) electrons. The summed E-state index contributed by atoms with van der Waals surface area (Å²) in [6.45, 7) is 0.892. The minimum atomic E-state index is -0.0380. The number of carbonyl (C=O) groups is 2. The monoisotopic (exact) mass is 285 g/mol. The molecule has 2 amide bonds. The van der Waals surface area contributed by atoms with Gasteiger partial charge in [-0.05, 0) is 26.9 Å². The molecular weight excluding hydrogens is 262 g/mol. The normalized spacial score (nSPS) is 22.3. The molecule has 1 saturated heterocycles. The maximum Gasteiger partial charge on any atom is 0.239 e. The summed E-state index contributed by atoms with van der Waals surface area (Å²) in [5.74, 6) is 1.19. The predicted octanol–water partition coefficient (Wildman–Crippen LogP) is 0.510. The van der Waals surface area contributed by atoms with Crippen molar-refractivity contribution in [3.8, 4) is 0 Å². The second-order valence-electron chi connectivity index (χ2n) is 5.67. The van der Waals surface area contributed by atoms with Crippen LogP contribution in [0.3, 0.4) is 0 Å². The van der Waals surface area contributed by atoms with Crippen LogP contribution in [-0.4, -0.2) is 66.0 Å². The van der Waals surface area contributed by atoms with Gasteiger partial charge in [-0.3, -0.25) is 9.59 Å². The molecule has 6 heteroatoms. The number of hydrogen-bond donors (Lipinski definition) is 1. The van der Waals surface area contributed by atoms with Crippen LogP contribution in [0.2, 0.25) is 0 Å². The van der Waals surface area contributed by atoms with Gasteiger partial charge < -0.3 is 15.1 Å². The first-order valence-electron chi connectivity index (χ1n) is 6.83. The first kappa shape index (κ1) is 14.7. The van der Waals surface area contributed by atoms with Crippen molar-refractivity contribution in [1.82, 2.24) is 15.1 Å². The average molecular weight is 285 g/mol. The van der Waals surface area contributed by atoms with Gasteiger partial charge in [-0.15, -0.1) is 11.8 Å². The van der Waals surface area contributed by atoms with Gasteiger partial charge in [-0.1, -0.05) is 12.8 Å². The van der Waals surface area contributed by atoms with Crippen molar-refractivity contribution in [2.75, 3.05) is 38.8 Å². The van der Waals surface area contributed by atoms with Gasteiger partial charge in [-0.2, -0.15) is 0 Å². The van der Waals surface area contributed by atoms with Crippen LogP contribution >= 0.6 is 11.8 Å². The first-order valence-corrected chi connectivity index (χ1v) is 7.99. The zero-order valence-electron chi connectivity index (χ0n) is 11.8. The van der Waals surface area contributed by atoms with Crippen LogP contribution in [0.5, 0.6) is 0 Å². The minimum Gasteiger partial charge on any atom is -0.353 e. The Kier molecular flexibility index (Phi) is 4.73. The standard InChI is InChI=1S/C13H23N3O2S/c1-15(2)13(5-3-4-6-13)9-14-11(17)7-16-10-19-8-12(16)18/h3-10H2,1-2H3,(H,14,17). The van der Waals surface area contributed by atoms with Crippen LogP contribution in [0.1, 0.15) is 25.7 Å². The molecule has 2 fully saturated rings. The molecule has 1 N–H and O–H groups in total. The van der Waals surface area contributed by atoms with Crippen molar-refractivity contribution >= 4 is 23.6 Å². The predicted molar refractivity (Wildman–Crippen MR) is 76.9 cm³/mol. The van der Waals surface area contributed by atoms with Gasteiger partial charge in [0, 0.05) is 12.1 Å². The van der Waals surface area contributed by atoms with Crippen molar-refractivity contribution in [1.29, 1.82) is 0 Å². The van der Waals surface area contributed by atoms with Crippen LogP contribution < -0.4 is 5.32 Å². The van der Waals surface area contributed by atoms with Crippen LogP contribution in [0.25, 0.3) is 0 Å². The van der Waals surface area contributed by atoms with Gasteiger partial charge in [0.15, 0.2) is 0 Å². The van der Waals surface area contributed by atoms with Gasteiger partial charge in [-0.25, -0.2) is 0 Å². The highest BCUT2D eigenvalue weighted by atomic mass is 32.2. The Morgan fingerprint density at radius 1 is 1.42 bits per heavy atom. The maximum atomic E-state index is 11.9. The highest BCUT2D eigenvalue weighted by Gasteiger charge is 2.36. The summed E-state index contributed by atoms with van der Waals surface area (Å²) in [4.78, 5) is 27.2. The quantitative estimate of drug-likeness (QED) is 0.800. The Balaban J connectivity index is 1.80. The molecule has 1 aliphatic heterocycles. The molecule has 0 aromatic heterocycles. The smallest absolute Gasteiger partial charge is 0.239 e. The lowest BCUT2D eigenvalue weighted by molar-refractivity contribution is -0.132. The number of amides is 2. The van der Waals surface area contributed by atoms with E-state index in [-0.39, 0.29) is 23.9 Å². The zero-order chi connectivity index (χ0) is 13.9. The Bertz CT molecular complexity index is 354. The molecule has 1 aliphatic carbocycles. The summed E-state index contributed by atoms with van der Waals surface area (Å²) in [5.41, 5.74) is 0.111. The average Bonchev–Trinajstić information content (AvgIpc) is 2.98. The van der Waals surface area contributed by atoms with E-state index in [9.17, 15) is 9.59 Å². The molecular formula is C13H23N3O2S. The van der Waals surface area contributed by atoms with E-state index in [2.05, 4.69) is 24.3 Å². The van der Waals surface area contributed by atoms with Crippen molar-refractivity contribution in [2.24, 2.45) is 0 Å². The molecule has 0 atom stereocenters. The summed E-state index contributed by atoms with van der Waals surface area (Å²) < 4.78 is 0. The summed E-state index contributed by atoms with van der Waals surface area (Å²) in [5, 5.41) is 3.01. The second kappa shape index (κ2) is 6.13. The van der Waals surface area contributed by atoms with E-state index in [1.165, 1.54) is 12.8 Å². The lowest BCUT2D eigenvalue weighted by Crippen LogP contribution is -2.52. The molecule has 0 spiro atoms. The lowest BCUT2D eigenvalue weighted by Gasteiger charge is -2.36. The van der Waals surface area contributed by atoms with Crippen LogP contribution in [-0.2, 0) is 9.59 Å². The molecule has 2 rings (SSSR count). The van der Waals surface area contributed by atoms with Crippen LogP contribution in [0.15, 0.2) is 0 Å². The Morgan fingerprint density at radius 3 is 2.63 bits per heavy atom. The summed E-state index contributed by atoms with van der Waals surface area (Å²) >= 11 is 1.57. The van der Waals surface area contributed by atoms with E-state index in [0.717, 1.165) is 12.8 Å². The third-order valence-electron chi connectivity index (χ3n) is 4.26. The van der Waals surface area contributed by atoms with E-state index in [4.69, 9.17) is 0 Å². The number of hydrogen-bond acceptors (Lipinski definition) is 4. The van der Waals surface area contributed by atoms with Crippen molar-refractivity contribution < 1.29 is 9.59 Å². The first-order chi connectivity index (χ1) is 9.03. The van der Waals surface area contributed by atoms with Crippen LogP contribution in [0.4, 0.5) is 0 Å². The Morgan fingerprint density at radius 2 is 2.11 bits per heavy atom. The summed E-state index contributed by atoms with van der Waals surface area (Å²) in [7, 11) is 4.16. The maximum absolute atomic E-state index is 11.9. The fraction of sp³-hybridized carbons (Fsp3) is 0.846. The van der Waals surface area contributed by atoms with Gasteiger partial charge in [0.25, 0.3) is 0 Å².